The van der Waals surface area contributed by atoms with Gasteiger partial charge in [0.1, 0.15) is 5.78 Å². The molecule has 0 aliphatic carbocycles. The van der Waals surface area contributed by atoms with Crippen LogP contribution in [0.25, 0.3) is 0 Å². The van der Waals surface area contributed by atoms with Crippen LogP contribution in [0.3, 0.4) is 0 Å². The minimum atomic E-state index is -0.258. The summed E-state index contributed by atoms with van der Waals surface area (Å²) < 4.78 is 0. The molecule has 1 heterocycles. The van der Waals surface area contributed by atoms with Gasteiger partial charge in [-0.05, 0) is 5.25 Å². The van der Waals surface area contributed by atoms with Crippen LogP contribution < -0.4 is 0 Å². The molecule has 0 N–H and O–H groups in total. The molecular formula is C13H21NO3S. The third-order valence-corrected chi connectivity index (χ3v) is 4.11. The summed E-state index contributed by atoms with van der Waals surface area (Å²) in [7, 11) is 0. The van der Waals surface area contributed by atoms with Crippen molar-refractivity contribution < 1.29 is 14.4 Å². The van der Waals surface area contributed by atoms with Crippen LogP contribution in [0.4, 0.5) is 0 Å². The molecule has 0 bridgehead atoms. The summed E-state index contributed by atoms with van der Waals surface area (Å²) in [5.74, 6) is -0.223. The van der Waals surface area contributed by atoms with Crippen LogP contribution in [-0.4, -0.2) is 39.5 Å². The lowest BCUT2D eigenvalue weighted by Crippen LogP contribution is -2.34. The van der Waals surface area contributed by atoms with Gasteiger partial charge in [0.15, 0.2) is 0 Å². The van der Waals surface area contributed by atoms with Crippen molar-refractivity contribution in [1.29, 1.82) is 0 Å². The molecule has 1 atom stereocenters. The second-order valence-electron chi connectivity index (χ2n) is 5.13. The molecule has 18 heavy (non-hydrogen) atoms. The van der Waals surface area contributed by atoms with E-state index in [0.29, 0.717) is 5.25 Å². The van der Waals surface area contributed by atoms with Crippen LogP contribution in [0.15, 0.2) is 0 Å². The van der Waals surface area contributed by atoms with Gasteiger partial charge in [0, 0.05) is 25.3 Å². The molecule has 0 spiro atoms. The zero-order valence-corrected chi connectivity index (χ0v) is 12.3. The topological polar surface area (TPSA) is 54.5 Å². The highest BCUT2D eigenvalue weighted by atomic mass is 32.2. The Balaban J connectivity index is 2.54. The monoisotopic (exact) mass is 271 g/mol. The van der Waals surface area contributed by atoms with Gasteiger partial charge in [-0.15, -0.1) is 11.8 Å². The highest BCUT2D eigenvalue weighted by Crippen LogP contribution is 2.28. The summed E-state index contributed by atoms with van der Waals surface area (Å²) in [6.45, 7) is 7.91. The minimum absolute atomic E-state index is 0.0429. The number of amides is 2. The van der Waals surface area contributed by atoms with Crippen molar-refractivity contribution in [3.63, 3.8) is 0 Å². The van der Waals surface area contributed by atoms with Gasteiger partial charge in [0.2, 0.25) is 11.8 Å². The van der Waals surface area contributed by atoms with E-state index in [9.17, 15) is 14.4 Å². The number of ketones is 1. The molecule has 1 aliphatic heterocycles. The lowest BCUT2D eigenvalue weighted by molar-refractivity contribution is -0.138. The maximum Gasteiger partial charge on any atom is 0.242 e. The van der Waals surface area contributed by atoms with Crippen LogP contribution in [0.5, 0.6) is 0 Å². The highest BCUT2D eigenvalue weighted by molar-refractivity contribution is 8.01. The van der Waals surface area contributed by atoms with Gasteiger partial charge < -0.3 is 0 Å². The number of hydrogen-bond acceptors (Lipinski definition) is 4. The largest absolute Gasteiger partial charge is 0.299 e. The van der Waals surface area contributed by atoms with Gasteiger partial charge in [-0.25, -0.2) is 0 Å². The number of carbonyl (C=O) groups excluding carboxylic acids is 3. The summed E-state index contributed by atoms with van der Waals surface area (Å²) in [6.07, 6.45) is 0.547. The van der Waals surface area contributed by atoms with Crippen molar-refractivity contribution in [3.05, 3.63) is 0 Å². The van der Waals surface area contributed by atoms with E-state index in [2.05, 4.69) is 0 Å². The Bertz CT molecular complexity index is 352. The first-order chi connectivity index (χ1) is 8.32. The predicted octanol–water partition coefficient (Wildman–Crippen LogP) is 1.87. The lowest BCUT2D eigenvalue weighted by atomic mass is 10.1. The van der Waals surface area contributed by atoms with Gasteiger partial charge >= 0.3 is 0 Å². The van der Waals surface area contributed by atoms with Gasteiger partial charge in [-0.3, -0.25) is 19.3 Å². The molecule has 1 fully saturated rings. The average Bonchev–Trinajstić information content (AvgIpc) is 2.50. The van der Waals surface area contributed by atoms with Crippen LogP contribution >= 0.6 is 11.8 Å². The minimum Gasteiger partial charge on any atom is -0.299 e. The fraction of sp³-hybridized carbons (Fsp3) is 0.769. The summed E-state index contributed by atoms with van der Waals surface area (Å²) in [6, 6.07) is 0. The van der Waals surface area contributed by atoms with Gasteiger partial charge in [0.25, 0.3) is 0 Å². The molecule has 5 heteroatoms. The van der Waals surface area contributed by atoms with Gasteiger partial charge in [-0.1, -0.05) is 27.7 Å². The molecule has 0 aromatic rings. The summed E-state index contributed by atoms with van der Waals surface area (Å²) in [5, 5.41) is 0.0654. The maximum absolute atomic E-state index is 12.0. The average molecular weight is 271 g/mol. The Labute approximate surface area is 112 Å². The van der Waals surface area contributed by atoms with E-state index in [4.69, 9.17) is 0 Å². The fourth-order valence-corrected chi connectivity index (χ4v) is 2.97. The van der Waals surface area contributed by atoms with Gasteiger partial charge in [-0.2, -0.15) is 0 Å². The summed E-state index contributed by atoms with van der Waals surface area (Å²) in [5.41, 5.74) is 0. The number of thioether (sulfide) groups is 1. The number of nitrogens with zero attached hydrogens (tertiary/aromatic N) is 1. The summed E-state index contributed by atoms with van der Waals surface area (Å²) >= 11 is 1.52. The maximum atomic E-state index is 12.0. The zero-order chi connectivity index (χ0) is 13.9. The molecule has 0 aromatic heterocycles. The Kier molecular flexibility index (Phi) is 5.38. The predicted molar refractivity (Wildman–Crippen MR) is 72.3 cm³/mol. The smallest absolute Gasteiger partial charge is 0.242 e. The van der Waals surface area contributed by atoms with E-state index < -0.39 is 0 Å². The van der Waals surface area contributed by atoms with Crippen LogP contribution in [0.2, 0.25) is 0 Å². The van der Waals surface area contributed by atoms with Crippen LogP contribution in [0.1, 0.15) is 40.5 Å². The van der Waals surface area contributed by atoms with E-state index in [1.807, 2.05) is 27.7 Å². The third kappa shape index (κ3) is 3.83. The SMILES string of the molecule is CC(C)SC1CC(=O)N(CCC(=O)C(C)C)C1=O. The second kappa shape index (κ2) is 6.36. The molecule has 1 rings (SSSR count). The number of likely N-dealkylation sites (tertiary alicyclic amines) is 1. The number of rotatable bonds is 6. The molecule has 0 radical (unpaired) electrons. The molecule has 1 unspecified atom stereocenters. The third-order valence-electron chi connectivity index (χ3n) is 2.86. The van der Waals surface area contributed by atoms with E-state index in [1.54, 1.807) is 0 Å². The second-order valence-corrected chi connectivity index (χ2v) is 6.92. The Morgan fingerprint density at radius 2 is 1.94 bits per heavy atom. The van der Waals surface area contributed by atoms with E-state index >= 15 is 0 Å². The fourth-order valence-electron chi connectivity index (χ4n) is 1.83. The molecule has 0 saturated carbocycles. The number of carbonyl (C=O) groups is 3. The summed E-state index contributed by atoms with van der Waals surface area (Å²) in [4.78, 5) is 36.5. The Hall–Kier alpha value is -0.840. The van der Waals surface area contributed by atoms with Crippen molar-refractivity contribution in [2.24, 2.45) is 5.92 Å². The van der Waals surface area contributed by atoms with Gasteiger partial charge in [0.05, 0.1) is 5.25 Å². The highest BCUT2D eigenvalue weighted by Gasteiger charge is 2.39. The van der Waals surface area contributed by atoms with Crippen molar-refractivity contribution in [3.8, 4) is 0 Å². The standard InChI is InChI=1S/C13H21NO3S/c1-8(2)10(15)5-6-14-12(16)7-11(13(14)17)18-9(3)4/h8-9,11H,5-7H2,1-4H3. The molecular weight excluding hydrogens is 250 g/mol. The van der Waals surface area contributed by atoms with E-state index in [-0.39, 0.29) is 48.2 Å². The van der Waals surface area contributed by atoms with Crippen molar-refractivity contribution in [2.75, 3.05) is 6.54 Å². The van der Waals surface area contributed by atoms with Crippen molar-refractivity contribution in [1.82, 2.24) is 4.90 Å². The molecule has 1 aliphatic rings. The van der Waals surface area contributed by atoms with Crippen LogP contribution in [-0.2, 0) is 14.4 Å². The van der Waals surface area contributed by atoms with Crippen molar-refractivity contribution >= 4 is 29.4 Å². The molecule has 2 amide bonds. The van der Waals surface area contributed by atoms with Crippen LogP contribution in [0, 0.1) is 5.92 Å². The first-order valence-corrected chi connectivity index (χ1v) is 7.29. The van der Waals surface area contributed by atoms with Crippen molar-refractivity contribution in [2.45, 2.75) is 51.0 Å². The number of imide groups is 1. The quantitative estimate of drug-likeness (QED) is 0.692. The van der Waals surface area contributed by atoms with E-state index in [0.717, 1.165) is 0 Å². The normalized spacial score (nSPS) is 20.3. The first kappa shape index (κ1) is 15.2. The molecule has 4 nitrogen and oxygen atoms in total. The lowest BCUT2D eigenvalue weighted by Gasteiger charge is -2.15. The number of Topliss-reactive ketones (excluding diaryl/α,β-unsaturated/α-hetero) is 1. The molecule has 1 saturated heterocycles. The Morgan fingerprint density at radius 1 is 1.33 bits per heavy atom. The van der Waals surface area contributed by atoms with E-state index in [1.165, 1.54) is 16.7 Å². The molecule has 0 aromatic carbocycles. The number of hydrogen-bond donors (Lipinski definition) is 0. The molecule has 102 valence electrons. The Morgan fingerprint density at radius 3 is 2.44 bits per heavy atom. The zero-order valence-electron chi connectivity index (χ0n) is 11.4. The first-order valence-electron chi connectivity index (χ1n) is 6.35.